The molecule has 4 rings (SSSR count). The first-order chi connectivity index (χ1) is 13.7. The Bertz CT molecular complexity index is 1050. The van der Waals surface area contributed by atoms with Gasteiger partial charge in [-0.3, -0.25) is 9.59 Å². The molecule has 0 saturated carbocycles. The van der Waals surface area contributed by atoms with Crippen molar-refractivity contribution in [3.63, 3.8) is 0 Å². The minimum atomic E-state index is -0.422. The van der Waals surface area contributed by atoms with E-state index in [4.69, 9.17) is 0 Å². The van der Waals surface area contributed by atoms with Gasteiger partial charge in [-0.1, -0.05) is 19.9 Å². The second-order valence-electron chi connectivity index (χ2n) is 8.45. The summed E-state index contributed by atoms with van der Waals surface area (Å²) in [4.78, 5) is 26.4. The molecule has 1 aliphatic carbocycles. The van der Waals surface area contributed by atoms with Gasteiger partial charge in [0.1, 0.15) is 5.82 Å². The van der Waals surface area contributed by atoms with E-state index in [0.717, 1.165) is 23.4 Å². The van der Waals surface area contributed by atoms with Crippen molar-refractivity contribution in [3.05, 3.63) is 75.0 Å². The molecule has 29 heavy (non-hydrogen) atoms. The largest absolute Gasteiger partial charge is 0.362 e. The van der Waals surface area contributed by atoms with Crippen LogP contribution in [0.3, 0.4) is 0 Å². The van der Waals surface area contributed by atoms with E-state index in [0.29, 0.717) is 23.3 Å². The van der Waals surface area contributed by atoms with E-state index in [-0.39, 0.29) is 17.1 Å². The van der Waals surface area contributed by atoms with E-state index in [9.17, 15) is 14.0 Å². The summed E-state index contributed by atoms with van der Waals surface area (Å²) in [5.41, 5.74) is 4.00. The van der Waals surface area contributed by atoms with Gasteiger partial charge in [0.15, 0.2) is 5.78 Å². The third kappa shape index (κ3) is 3.77. The Labute approximate surface area is 173 Å². The molecule has 0 saturated heterocycles. The summed E-state index contributed by atoms with van der Waals surface area (Å²) >= 11 is 1.54. The first-order valence-corrected chi connectivity index (χ1v) is 10.5. The van der Waals surface area contributed by atoms with Crippen molar-refractivity contribution >= 4 is 28.7 Å². The number of allylic oxidation sites excluding steroid dienone is 3. The van der Waals surface area contributed by atoms with Crippen molar-refractivity contribution < 1.29 is 14.0 Å². The third-order valence-electron chi connectivity index (χ3n) is 5.44. The highest BCUT2D eigenvalue weighted by Crippen LogP contribution is 2.47. The second-order valence-corrected chi connectivity index (χ2v) is 9.23. The van der Waals surface area contributed by atoms with Crippen molar-refractivity contribution in [2.45, 2.75) is 39.5 Å². The summed E-state index contributed by atoms with van der Waals surface area (Å²) in [5.74, 6) is -1.10. The predicted molar refractivity (Wildman–Crippen MR) is 113 cm³/mol. The van der Waals surface area contributed by atoms with E-state index in [1.165, 1.54) is 23.5 Å². The van der Waals surface area contributed by atoms with Gasteiger partial charge < -0.3 is 10.6 Å². The standard InChI is InChI=1S/C23H23FN2O2S/c1-13-19(22(28)26-16-6-4-5-15(24)9-16)20(14-7-8-29-12-14)21-17(25-13)10-23(2,3)11-18(21)27/h4-9,12,20,25H,10-11H2,1-3H3,(H,26,28)/t20-/m0/s1. The Morgan fingerprint density at radius 2 is 2.07 bits per heavy atom. The zero-order valence-electron chi connectivity index (χ0n) is 16.6. The van der Waals surface area contributed by atoms with Gasteiger partial charge in [-0.15, -0.1) is 0 Å². The van der Waals surface area contributed by atoms with Crippen LogP contribution in [-0.4, -0.2) is 11.7 Å². The number of carbonyl (C=O) groups is 2. The zero-order chi connectivity index (χ0) is 20.8. The van der Waals surface area contributed by atoms with Crippen LogP contribution in [0.2, 0.25) is 0 Å². The van der Waals surface area contributed by atoms with Crippen LogP contribution in [0.4, 0.5) is 10.1 Å². The van der Waals surface area contributed by atoms with Crippen LogP contribution in [-0.2, 0) is 9.59 Å². The number of nitrogens with one attached hydrogen (secondary N) is 2. The molecule has 1 aromatic carbocycles. The van der Waals surface area contributed by atoms with Gasteiger partial charge in [0.25, 0.3) is 5.91 Å². The lowest BCUT2D eigenvalue weighted by Gasteiger charge is -2.39. The Morgan fingerprint density at radius 1 is 1.28 bits per heavy atom. The maximum Gasteiger partial charge on any atom is 0.254 e. The molecule has 1 amide bonds. The molecule has 6 heteroatoms. The summed E-state index contributed by atoms with van der Waals surface area (Å²) in [6, 6.07) is 7.76. The summed E-state index contributed by atoms with van der Waals surface area (Å²) < 4.78 is 13.6. The Balaban J connectivity index is 1.77. The van der Waals surface area contributed by atoms with E-state index in [1.54, 1.807) is 12.1 Å². The number of amides is 1. The quantitative estimate of drug-likeness (QED) is 0.738. The number of halogens is 1. The summed E-state index contributed by atoms with van der Waals surface area (Å²) in [7, 11) is 0. The fraction of sp³-hybridized carbons (Fsp3) is 0.304. The zero-order valence-corrected chi connectivity index (χ0v) is 17.5. The SMILES string of the molecule is CC1=C(C(=O)Nc2cccc(F)c2)[C@H](c2ccsc2)C2=C(CC(C)(C)CC2=O)N1. The number of anilines is 1. The van der Waals surface area contributed by atoms with E-state index in [2.05, 4.69) is 24.5 Å². The molecule has 2 heterocycles. The predicted octanol–water partition coefficient (Wildman–Crippen LogP) is 5.13. The minimum Gasteiger partial charge on any atom is -0.362 e. The molecule has 0 fully saturated rings. The van der Waals surface area contributed by atoms with Crippen LogP contribution < -0.4 is 10.6 Å². The number of ketones is 1. The lowest BCUT2D eigenvalue weighted by atomic mass is 9.69. The van der Waals surface area contributed by atoms with Crippen LogP contribution in [0.25, 0.3) is 0 Å². The fourth-order valence-electron chi connectivity index (χ4n) is 4.27. The molecule has 2 aliphatic rings. The van der Waals surface area contributed by atoms with Crippen LogP contribution in [0, 0.1) is 11.2 Å². The molecular weight excluding hydrogens is 387 g/mol. The smallest absolute Gasteiger partial charge is 0.254 e. The lowest BCUT2D eigenvalue weighted by Crippen LogP contribution is -2.39. The number of hydrogen-bond donors (Lipinski definition) is 2. The summed E-state index contributed by atoms with van der Waals surface area (Å²) in [6.45, 7) is 6.03. The highest BCUT2D eigenvalue weighted by Gasteiger charge is 2.42. The Hall–Kier alpha value is -2.73. The topological polar surface area (TPSA) is 58.2 Å². The molecule has 4 nitrogen and oxygen atoms in total. The van der Waals surface area contributed by atoms with Gasteiger partial charge in [-0.25, -0.2) is 4.39 Å². The number of thiophene rings is 1. The molecule has 2 aromatic rings. The molecule has 1 aliphatic heterocycles. The van der Waals surface area contributed by atoms with E-state index in [1.807, 2.05) is 23.8 Å². The van der Waals surface area contributed by atoms with Crippen molar-refractivity contribution in [2.24, 2.45) is 5.41 Å². The molecule has 0 radical (unpaired) electrons. The maximum atomic E-state index is 13.6. The lowest BCUT2D eigenvalue weighted by molar-refractivity contribution is -0.118. The van der Waals surface area contributed by atoms with Crippen molar-refractivity contribution in [1.29, 1.82) is 0 Å². The number of hydrogen-bond acceptors (Lipinski definition) is 4. The molecule has 0 bridgehead atoms. The van der Waals surface area contributed by atoms with Crippen molar-refractivity contribution in [2.75, 3.05) is 5.32 Å². The van der Waals surface area contributed by atoms with E-state index < -0.39 is 11.7 Å². The molecule has 0 spiro atoms. The molecule has 150 valence electrons. The molecule has 0 unspecified atom stereocenters. The summed E-state index contributed by atoms with van der Waals surface area (Å²) in [5, 5.41) is 10.1. The molecular formula is C23H23FN2O2S. The monoisotopic (exact) mass is 410 g/mol. The first-order valence-electron chi connectivity index (χ1n) is 9.58. The number of benzene rings is 1. The van der Waals surface area contributed by atoms with Crippen LogP contribution in [0.15, 0.2) is 63.6 Å². The highest BCUT2D eigenvalue weighted by atomic mass is 32.1. The van der Waals surface area contributed by atoms with Crippen LogP contribution in [0.1, 0.15) is 45.1 Å². The van der Waals surface area contributed by atoms with Gasteiger partial charge in [0.2, 0.25) is 0 Å². The van der Waals surface area contributed by atoms with Crippen molar-refractivity contribution in [3.8, 4) is 0 Å². The Kier molecular flexibility index (Phi) is 4.90. The Morgan fingerprint density at radius 3 is 2.76 bits per heavy atom. The molecule has 1 atom stereocenters. The number of Topliss-reactive ketones (excluding diaryl/α,β-unsaturated/α-hetero) is 1. The molecule has 1 aromatic heterocycles. The fourth-order valence-corrected chi connectivity index (χ4v) is 4.96. The number of rotatable bonds is 3. The van der Waals surface area contributed by atoms with E-state index >= 15 is 0 Å². The second kappa shape index (κ2) is 7.26. The normalized spacial score (nSPS) is 21.0. The molecule has 2 N–H and O–H groups in total. The van der Waals surface area contributed by atoms with Gasteiger partial charge in [-0.05, 0) is 59.3 Å². The van der Waals surface area contributed by atoms with Crippen LogP contribution >= 0.6 is 11.3 Å². The minimum absolute atomic E-state index is 0.0727. The van der Waals surface area contributed by atoms with Gasteiger partial charge in [0, 0.05) is 40.6 Å². The van der Waals surface area contributed by atoms with Crippen LogP contribution in [0.5, 0.6) is 0 Å². The average Bonchev–Trinajstić information content (AvgIpc) is 3.13. The highest BCUT2D eigenvalue weighted by molar-refractivity contribution is 7.08. The van der Waals surface area contributed by atoms with Crippen molar-refractivity contribution in [1.82, 2.24) is 5.32 Å². The number of carbonyl (C=O) groups excluding carboxylic acids is 2. The number of dihydropyridines is 1. The van der Waals surface area contributed by atoms with Gasteiger partial charge in [0.05, 0.1) is 0 Å². The first kappa shape index (κ1) is 19.6. The maximum absolute atomic E-state index is 13.6. The van der Waals surface area contributed by atoms with Gasteiger partial charge >= 0.3 is 0 Å². The average molecular weight is 411 g/mol. The van der Waals surface area contributed by atoms with Gasteiger partial charge in [-0.2, -0.15) is 11.3 Å². The third-order valence-corrected chi connectivity index (χ3v) is 6.14. The summed E-state index contributed by atoms with van der Waals surface area (Å²) in [6.07, 6.45) is 1.21.